The predicted octanol–water partition coefficient (Wildman–Crippen LogP) is 5.97. The fourth-order valence-electron chi connectivity index (χ4n) is 4.14. The molecule has 1 aromatic carbocycles. The minimum Gasteiger partial charge on any atom is -0.285 e. The van der Waals surface area contributed by atoms with Crippen molar-refractivity contribution in [2.75, 3.05) is 6.54 Å². The maximum Gasteiger partial charge on any atom is 0.270 e. The molecule has 3 heteroatoms. The van der Waals surface area contributed by atoms with Crippen molar-refractivity contribution in [1.29, 1.82) is 0 Å². The molecule has 0 saturated heterocycles. The van der Waals surface area contributed by atoms with E-state index >= 15 is 0 Å². The number of hydrogen-bond donors (Lipinski definition) is 1. The largest absolute Gasteiger partial charge is 0.285 e. The maximum absolute atomic E-state index is 12.3. The number of nitrogens with zero attached hydrogens (tertiary/aromatic N) is 1. The van der Waals surface area contributed by atoms with Crippen LogP contribution < -0.4 is 0 Å². The van der Waals surface area contributed by atoms with Crippen molar-refractivity contribution >= 4 is 12.0 Å². The Morgan fingerprint density at radius 3 is 2.71 bits per heavy atom. The topological polar surface area (TPSA) is 40.5 Å². The third-order valence-electron chi connectivity index (χ3n) is 6.05. The lowest BCUT2D eigenvalue weighted by Gasteiger charge is -2.44. The third kappa shape index (κ3) is 5.32. The molecule has 0 bridgehead atoms. The summed E-state index contributed by atoms with van der Waals surface area (Å²) in [6, 6.07) is 7.85. The Labute approximate surface area is 169 Å². The molecule has 1 aromatic rings. The van der Waals surface area contributed by atoms with E-state index in [2.05, 4.69) is 33.6 Å². The number of aryl methyl sites for hydroxylation is 1. The van der Waals surface area contributed by atoms with Gasteiger partial charge in [-0.3, -0.25) is 10.0 Å². The summed E-state index contributed by atoms with van der Waals surface area (Å²) in [7, 11) is 0. The first-order chi connectivity index (χ1) is 13.2. The van der Waals surface area contributed by atoms with Crippen LogP contribution in [0.4, 0.5) is 0 Å². The molecule has 0 aromatic heterocycles. The number of benzene rings is 1. The number of allylic oxidation sites excluding steroid dienone is 2. The zero-order valence-corrected chi connectivity index (χ0v) is 17.4. The van der Waals surface area contributed by atoms with Gasteiger partial charge < -0.3 is 0 Å². The van der Waals surface area contributed by atoms with Crippen molar-refractivity contribution in [2.24, 2.45) is 17.3 Å². The van der Waals surface area contributed by atoms with E-state index in [-0.39, 0.29) is 17.9 Å². The average Bonchev–Trinajstić information content (AvgIpc) is 2.66. The van der Waals surface area contributed by atoms with Crippen LogP contribution in [0.25, 0.3) is 6.08 Å². The monoisotopic (exact) mass is 379 g/mol. The first-order valence-corrected chi connectivity index (χ1v) is 9.88. The van der Waals surface area contributed by atoms with Crippen molar-refractivity contribution in [2.45, 2.75) is 40.0 Å². The number of carbonyl (C=O) groups is 1. The third-order valence-corrected chi connectivity index (χ3v) is 6.05. The summed E-state index contributed by atoms with van der Waals surface area (Å²) in [4.78, 5) is 12.3. The lowest BCUT2D eigenvalue weighted by Crippen LogP contribution is -2.36. The molecule has 1 N–H and O–H groups in total. The quantitative estimate of drug-likeness (QED) is 0.274. The molecule has 0 aliphatic heterocycles. The summed E-state index contributed by atoms with van der Waals surface area (Å²) in [5, 5.41) is 11.0. The van der Waals surface area contributed by atoms with Gasteiger partial charge in [0.25, 0.3) is 5.91 Å². The van der Waals surface area contributed by atoms with Crippen LogP contribution in [0.3, 0.4) is 0 Å². The molecule has 1 fully saturated rings. The Balaban J connectivity index is 1.97. The van der Waals surface area contributed by atoms with E-state index in [0.717, 1.165) is 46.6 Å². The molecule has 1 amide bonds. The lowest BCUT2D eigenvalue weighted by molar-refractivity contribution is -0.157. The number of hydroxylamine groups is 2. The molecule has 0 heterocycles. The van der Waals surface area contributed by atoms with Crippen LogP contribution >= 0.6 is 0 Å². The molecular formula is C25H33NO2. The van der Waals surface area contributed by atoms with Crippen molar-refractivity contribution in [1.82, 2.24) is 5.06 Å². The van der Waals surface area contributed by atoms with Crippen molar-refractivity contribution < 1.29 is 10.0 Å². The van der Waals surface area contributed by atoms with E-state index < -0.39 is 5.91 Å². The molecule has 0 spiro atoms. The van der Waals surface area contributed by atoms with E-state index in [1.807, 2.05) is 37.3 Å². The second-order valence-corrected chi connectivity index (χ2v) is 8.38. The molecule has 3 nitrogen and oxygen atoms in total. The average molecular weight is 380 g/mol. The van der Waals surface area contributed by atoms with E-state index in [1.54, 1.807) is 6.08 Å². The molecule has 28 heavy (non-hydrogen) atoms. The summed E-state index contributed by atoms with van der Waals surface area (Å²) in [6.07, 6.45) is 8.07. The first-order valence-electron chi connectivity index (χ1n) is 9.88. The van der Waals surface area contributed by atoms with Crippen LogP contribution in [-0.4, -0.2) is 22.7 Å². The Morgan fingerprint density at radius 1 is 1.39 bits per heavy atom. The van der Waals surface area contributed by atoms with Gasteiger partial charge in [0.05, 0.1) is 6.54 Å². The normalized spacial score (nSPS) is 24.7. The summed E-state index contributed by atoms with van der Waals surface area (Å²) in [5.41, 5.74) is 4.14. The zero-order valence-electron chi connectivity index (χ0n) is 17.4. The molecule has 1 aliphatic rings. The van der Waals surface area contributed by atoms with Gasteiger partial charge in [0, 0.05) is 6.08 Å². The molecule has 1 aliphatic carbocycles. The fraction of sp³-hybridized carbons (Fsp3) is 0.400. The Morgan fingerprint density at radius 2 is 2.11 bits per heavy atom. The minimum absolute atomic E-state index is 0.0495. The van der Waals surface area contributed by atoms with Gasteiger partial charge in [-0.15, -0.1) is 6.58 Å². The van der Waals surface area contributed by atoms with E-state index in [1.165, 1.54) is 6.08 Å². The number of hydrogen-bond acceptors (Lipinski definition) is 2. The summed E-state index contributed by atoms with van der Waals surface area (Å²) >= 11 is 0. The van der Waals surface area contributed by atoms with E-state index in [0.29, 0.717) is 5.92 Å². The highest BCUT2D eigenvalue weighted by atomic mass is 16.5. The minimum atomic E-state index is -0.439. The van der Waals surface area contributed by atoms with Gasteiger partial charge in [0.1, 0.15) is 0 Å². The van der Waals surface area contributed by atoms with Gasteiger partial charge in [-0.1, -0.05) is 67.1 Å². The van der Waals surface area contributed by atoms with E-state index in [4.69, 9.17) is 0 Å². The van der Waals surface area contributed by atoms with Gasteiger partial charge in [0.15, 0.2) is 0 Å². The Bertz CT molecular complexity index is 791. The van der Waals surface area contributed by atoms with E-state index in [9.17, 15) is 10.0 Å². The molecule has 0 radical (unpaired) electrons. The van der Waals surface area contributed by atoms with Crippen LogP contribution in [0.2, 0.25) is 0 Å². The number of rotatable bonds is 7. The van der Waals surface area contributed by atoms with Gasteiger partial charge >= 0.3 is 0 Å². The highest BCUT2D eigenvalue weighted by molar-refractivity contribution is 5.91. The molecule has 150 valence electrons. The zero-order chi connectivity index (χ0) is 20.9. The standard InChI is InChI=1S/C25H33NO2/c1-7-25(6)14-13-22(16-23(25)18(2)3)20(5)17-26(28)24(27)12-11-21-10-8-9-19(4)15-21/h7-12,15,22-23,28H,1-2,5,13-14,16-17H2,3-4,6H3/b12-11+/t22-,23+,25-/m1/s1. The molecule has 2 rings (SSSR count). The predicted molar refractivity (Wildman–Crippen MR) is 117 cm³/mol. The van der Waals surface area contributed by atoms with Crippen LogP contribution in [0.15, 0.2) is 67.3 Å². The van der Waals surface area contributed by atoms with Gasteiger partial charge in [0.2, 0.25) is 0 Å². The SMILES string of the molecule is C=C[C@]1(C)CC[C@@H](C(=C)CN(O)C(=O)/C=C/c2cccc(C)c2)C[C@H]1C(=C)C. The molecular weight excluding hydrogens is 346 g/mol. The van der Waals surface area contributed by atoms with Gasteiger partial charge in [-0.05, 0) is 62.0 Å². The van der Waals surface area contributed by atoms with Crippen LogP contribution in [0.1, 0.15) is 44.2 Å². The van der Waals surface area contributed by atoms with Crippen molar-refractivity contribution in [3.63, 3.8) is 0 Å². The highest BCUT2D eigenvalue weighted by Gasteiger charge is 2.39. The van der Waals surface area contributed by atoms with Crippen LogP contribution in [0, 0.1) is 24.2 Å². The summed E-state index contributed by atoms with van der Waals surface area (Å²) in [5.74, 6) is 0.160. The smallest absolute Gasteiger partial charge is 0.270 e. The number of carbonyl (C=O) groups excluding carboxylic acids is 1. The summed E-state index contributed by atoms with van der Waals surface area (Å²) in [6.45, 7) is 18.8. The Kier molecular flexibility index (Phi) is 7.20. The second-order valence-electron chi connectivity index (χ2n) is 8.38. The Hall–Kier alpha value is -2.39. The summed E-state index contributed by atoms with van der Waals surface area (Å²) < 4.78 is 0. The van der Waals surface area contributed by atoms with Gasteiger partial charge in [-0.2, -0.15) is 0 Å². The second kappa shape index (κ2) is 9.20. The van der Waals surface area contributed by atoms with Crippen LogP contribution in [-0.2, 0) is 4.79 Å². The molecule has 3 atom stereocenters. The molecule has 1 saturated carbocycles. The fourth-order valence-corrected chi connectivity index (χ4v) is 4.14. The van der Waals surface area contributed by atoms with Gasteiger partial charge in [-0.25, -0.2) is 5.06 Å². The molecule has 0 unspecified atom stereocenters. The van der Waals surface area contributed by atoms with Crippen LogP contribution in [0.5, 0.6) is 0 Å². The van der Waals surface area contributed by atoms with Crippen molar-refractivity contribution in [3.05, 3.63) is 78.4 Å². The highest BCUT2D eigenvalue weighted by Crippen LogP contribution is 2.48. The lowest BCUT2D eigenvalue weighted by atomic mass is 9.61. The van der Waals surface area contributed by atoms with Crippen molar-refractivity contribution in [3.8, 4) is 0 Å². The number of amides is 1. The first kappa shape index (κ1) is 21.9. The maximum atomic E-state index is 12.3.